The molecule has 3 atom stereocenters. The molecule has 2 aromatic rings. The second-order valence-corrected chi connectivity index (χ2v) is 14.8. The lowest BCUT2D eigenvalue weighted by Gasteiger charge is -2.31. The SMILES string of the molecule is Nc1nc2c(s1)CC(NCCNC(=O)[C@@H]1CCCN1C(=O)[C@@H](CC1CCCCC1)NS(=O)(=O)Cc1ccccc1)CC2. The number of carbonyl (C=O) groups excluding carboxylic acids is 2. The van der Waals surface area contributed by atoms with Crippen LogP contribution >= 0.6 is 11.3 Å². The second-order valence-electron chi connectivity index (χ2n) is 12.0. The smallest absolute Gasteiger partial charge is 0.242 e. The van der Waals surface area contributed by atoms with Crippen molar-refractivity contribution in [1.82, 2.24) is 25.2 Å². The molecule has 12 heteroatoms. The number of fused-ring (bicyclic) bond motifs is 1. The largest absolute Gasteiger partial charge is 0.375 e. The van der Waals surface area contributed by atoms with Crippen molar-refractivity contribution in [3.63, 3.8) is 0 Å². The molecule has 1 unspecified atom stereocenters. The summed E-state index contributed by atoms with van der Waals surface area (Å²) in [5, 5.41) is 7.16. The lowest BCUT2D eigenvalue weighted by atomic mass is 9.84. The van der Waals surface area contributed by atoms with Gasteiger partial charge in [0.1, 0.15) is 12.1 Å². The standard InChI is InChI=1S/C30H44N6O4S2/c31-30-34-24-14-13-23(19-27(24)41-30)32-15-16-33-28(37)26-12-7-17-36(26)29(38)25(18-21-8-3-1-4-9-21)35-42(39,40)20-22-10-5-2-6-11-22/h2,5-6,10-11,21,23,25-26,32,35H,1,3-4,7-9,12-20H2,(H2,31,34)(H,33,37)/t23?,25-,26+/m1/s1. The van der Waals surface area contributed by atoms with Crippen LogP contribution in [0.1, 0.15) is 73.9 Å². The van der Waals surface area contributed by atoms with Crippen molar-refractivity contribution in [2.45, 2.75) is 94.5 Å². The third-order valence-electron chi connectivity index (χ3n) is 8.77. The fraction of sp³-hybridized carbons (Fsp3) is 0.633. The van der Waals surface area contributed by atoms with Gasteiger partial charge in [0.05, 0.1) is 11.4 Å². The molecule has 0 bridgehead atoms. The molecule has 0 radical (unpaired) electrons. The normalized spacial score (nSPS) is 22.0. The lowest BCUT2D eigenvalue weighted by Crippen LogP contribution is -2.54. The van der Waals surface area contributed by atoms with E-state index in [0.717, 1.165) is 57.1 Å². The number of sulfonamides is 1. The first-order chi connectivity index (χ1) is 20.3. The number of aryl methyl sites for hydroxylation is 1. The van der Waals surface area contributed by atoms with E-state index in [4.69, 9.17) is 5.73 Å². The summed E-state index contributed by atoms with van der Waals surface area (Å²) in [6, 6.07) is 7.88. The summed E-state index contributed by atoms with van der Waals surface area (Å²) in [5.74, 6) is -0.342. The van der Waals surface area contributed by atoms with Crippen LogP contribution in [0.3, 0.4) is 0 Å². The molecule has 3 aliphatic rings. The fourth-order valence-electron chi connectivity index (χ4n) is 6.66. The van der Waals surface area contributed by atoms with Gasteiger partial charge in [-0.2, -0.15) is 0 Å². The zero-order valence-electron chi connectivity index (χ0n) is 24.2. The van der Waals surface area contributed by atoms with Gasteiger partial charge in [-0.05, 0) is 50.0 Å². The van der Waals surface area contributed by atoms with Crippen molar-refractivity contribution in [2.75, 3.05) is 25.4 Å². The number of aromatic nitrogens is 1. The molecule has 1 aromatic carbocycles. The predicted octanol–water partition coefficient (Wildman–Crippen LogP) is 2.74. The van der Waals surface area contributed by atoms with E-state index < -0.39 is 22.1 Å². The van der Waals surface area contributed by atoms with Crippen LogP contribution in [0, 0.1) is 5.92 Å². The van der Waals surface area contributed by atoms with Crippen LogP contribution in [0.25, 0.3) is 0 Å². The Labute approximate surface area is 253 Å². The number of benzene rings is 1. The molecule has 230 valence electrons. The van der Waals surface area contributed by atoms with Crippen molar-refractivity contribution in [2.24, 2.45) is 5.92 Å². The Bertz CT molecular complexity index is 1310. The highest BCUT2D eigenvalue weighted by molar-refractivity contribution is 7.88. The average molecular weight is 617 g/mol. The summed E-state index contributed by atoms with van der Waals surface area (Å²) in [7, 11) is -3.76. The lowest BCUT2D eigenvalue weighted by molar-refractivity contribution is -0.140. The van der Waals surface area contributed by atoms with E-state index >= 15 is 0 Å². The molecule has 10 nitrogen and oxygen atoms in total. The number of nitrogen functional groups attached to an aromatic ring is 1. The zero-order chi connectivity index (χ0) is 29.5. The van der Waals surface area contributed by atoms with Gasteiger partial charge in [-0.25, -0.2) is 18.1 Å². The Hall–Kier alpha value is -2.54. The molecule has 2 heterocycles. The first-order valence-corrected chi connectivity index (χ1v) is 17.8. The summed E-state index contributed by atoms with van der Waals surface area (Å²) < 4.78 is 29.1. The van der Waals surface area contributed by atoms with E-state index in [0.29, 0.717) is 55.1 Å². The van der Waals surface area contributed by atoms with Crippen molar-refractivity contribution in [1.29, 1.82) is 0 Å². The van der Waals surface area contributed by atoms with Crippen molar-refractivity contribution >= 4 is 38.3 Å². The van der Waals surface area contributed by atoms with Gasteiger partial charge >= 0.3 is 0 Å². The highest BCUT2D eigenvalue weighted by Crippen LogP contribution is 2.30. The molecule has 1 aromatic heterocycles. The number of nitrogens with zero attached hydrogens (tertiary/aromatic N) is 2. The quantitative estimate of drug-likeness (QED) is 0.268. The maximum absolute atomic E-state index is 13.9. The molecular weight excluding hydrogens is 573 g/mol. The number of likely N-dealkylation sites (tertiary alicyclic amines) is 1. The summed E-state index contributed by atoms with van der Waals surface area (Å²) >= 11 is 1.55. The van der Waals surface area contributed by atoms with E-state index in [1.54, 1.807) is 40.5 Å². The van der Waals surface area contributed by atoms with Gasteiger partial charge in [-0.15, -0.1) is 11.3 Å². The second kappa shape index (κ2) is 14.3. The van der Waals surface area contributed by atoms with Crippen LogP contribution in [0.15, 0.2) is 30.3 Å². The molecule has 1 aliphatic heterocycles. The molecule has 1 saturated carbocycles. The minimum Gasteiger partial charge on any atom is -0.375 e. The topological polar surface area (TPSA) is 147 Å². The molecule has 2 fully saturated rings. The summed E-state index contributed by atoms with van der Waals surface area (Å²) in [6.07, 6.45) is 9.94. The molecule has 2 aliphatic carbocycles. The van der Waals surface area contributed by atoms with Crippen molar-refractivity contribution < 1.29 is 18.0 Å². The van der Waals surface area contributed by atoms with Gasteiger partial charge in [0.15, 0.2) is 5.13 Å². The van der Waals surface area contributed by atoms with Gasteiger partial charge in [-0.3, -0.25) is 9.59 Å². The van der Waals surface area contributed by atoms with E-state index in [1.165, 1.54) is 11.3 Å². The number of thiazole rings is 1. The third kappa shape index (κ3) is 8.30. The van der Waals surface area contributed by atoms with Gasteiger partial charge in [0.25, 0.3) is 0 Å². The summed E-state index contributed by atoms with van der Waals surface area (Å²) in [4.78, 5) is 34.4. The highest BCUT2D eigenvalue weighted by Gasteiger charge is 2.39. The third-order valence-corrected chi connectivity index (χ3v) is 11.1. The Morgan fingerprint density at radius 3 is 2.62 bits per heavy atom. The van der Waals surface area contributed by atoms with Crippen LogP contribution in [0.2, 0.25) is 0 Å². The average Bonchev–Trinajstić information content (AvgIpc) is 3.61. The van der Waals surface area contributed by atoms with Crippen LogP contribution in [0.4, 0.5) is 5.13 Å². The fourth-order valence-corrected chi connectivity index (χ4v) is 8.96. The molecule has 1 saturated heterocycles. The summed E-state index contributed by atoms with van der Waals surface area (Å²) in [6.45, 7) is 1.55. The Kier molecular flexibility index (Phi) is 10.5. The molecule has 42 heavy (non-hydrogen) atoms. The Balaban J connectivity index is 1.16. The highest BCUT2D eigenvalue weighted by atomic mass is 32.2. The monoisotopic (exact) mass is 616 g/mol. The number of hydrogen-bond donors (Lipinski definition) is 4. The first kappa shape index (κ1) is 30.9. The number of hydrogen-bond acceptors (Lipinski definition) is 8. The Morgan fingerprint density at radius 2 is 1.83 bits per heavy atom. The summed E-state index contributed by atoms with van der Waals surface area (Å²) in [5.41, 5.74) is 7.64. The number of nitrogens with two attached hydrogens (primary N) is 1. The van der Waals surface area contributed by atoms with Crippen molar-refractivity contribution in [3.05, 3.63) is 46.5 Å². The van der Waals surface area contributed by atoms with Gasteiger partial charge in [0, 0.05) is 30.6 Å². The van der Waals surface area contributed by atoms with E-state index in [1.807, 2.05) is 6.07 Å². The van der Waals surface area contributed by atoms with E-state index in [9.17, 15) is 18.0 Å². The van der Waals surface area contributed by atoms with Gasteiger partial charge < -0.3 is 21.3 Å². The maximum Gasteiger partial charge on any atom is 0.242 e. The van der Waals surface area contributed by atoms with Crippen LogP contribution in [0.5, 0.6) is 0 Å². The van der Waals surface area contributed by atoms with Crippen LogP contribution in [-0.2, 0) is 38.2 Å². The van der Waals surface area contributed by atoms with Gasteiger partial charge in [0.2, 0.25) is 21.8 Å². The minimum atomic E-state index is -3.76. The van der Waals surface area contributed by atoms with E-state index in [2.05, 4.69) is 20.3 Å². The predicted molar refractivity (Wildman–Crippen MR) is 165 cm³/mol. The first-order valence-electron chi connectivity index (χ1n) is 15.4. The minimum absolute atomic E-state index is 0.174. The molecule has 5 rings (SSSR count). The zero-order valence-corrected chi connectivity index (χ0v) is 25.9. The number of nitrogens with one attached hydrogen (secondary N) is 3. The number of rotatable bonds is 12. The van der Waals surface area contributed by atoms with Crippen LogP contribution in [-0.4, -0.2) is 67.9 Å². The number of amides is 2. The molecule has 0 spiro atoms. The van der Waals surface area contributed by atoms with Gasteiger partial charge in [-0.1, -0.05) is 62.4 Å². The van der Waals surface area contributed by atoms with Crippen molar-refractivity contribution in [3.8, 4) is 0 Å². The number of carbonyl (C=O) groups is 2. The molecule has 2 amide bonds. The Morgan fingerprint density at radius 1 is 1.05 bits per heavy atom. The van der Waals surface area contributed by atoms with E-state index in [-0.39, 0.29) is 17.6 Å². The molecule has 5 N–H and O–H groups in total. The maximum atomic E-state index is 13.9. The molecular formula is C30H44N6O4S2. The van der Waals surface area contributed by atoms with Crippen LogP contribution < -0.4 is 21.1 Å². The number of anilines is 1.